The summed E-state index contributed by atoms with van der Waals surface area (Å²) < 4.78 is 12.4. The van der Waals surface area contributed by atoms with Crippen LogP contribution in [-0.4, -0.2) is 10.6 Å². The SMILES string of the molecule is O=C(c1ccc(F)cc1)C(Cl)Cl. The van der Waals surface area contributed by atoms with Gasteiger partial charge < -0.3 is 0 Å². The molecule has 0 aliphatic heterocycles. The van der Waals surface area contributed by atoms with E-state index in [0.717, 1.165) is 0 Å². The molecule has 1 aromatic carbocycles. The van der Waals surface area contributed by atoms with Crippen molar-refractivity contribution in [1.82, 2.24) is 0 Å². The summed E-state index contributed by atoms with van der Waals surface area (Å²) in [6.45, 7) is 0. The van der Waals surface area contributed by atoms with Gasteiger partial charge in [0.2, 0.25) is 0 Å². The van der Waals surface area contributed by atoms with Gasteiger partial charge >= 0.3 is 0 Å². The number of carbonyl (C=O) groups is 1. The van der Waals surface area contributed by atoms with Gasteiger partial charge in [-0.3, -0.25) is 4.79 Å². The molecule has 1 rings (SSSR count). The second-order valence-electron chi connectivity index (χ2n) is 2.17. The molecule has 12 heavy (non-hydrogen) atoms. The highest BCUT2D eigenvalue weighted by Crippen LogP contribution is 2.12. The van der Waals surface area contributed by atoms with Crippen LogP contribution in [0, 0.1) is 5.82 Å². The van der Waals surface area contributed by atoms with Crippen molar-refractivity contribution in [2.24, 2.45) is 0 Å². The van der Waals surface area contributed by atoms with Gasteiger partial charge in [0.25, 0.3) is 0 Å². The van der Waals surface area contributed by atoms with Crippen molar-refractivity contribution in [3.8, 4) is 0 Å². The highest BCUT2D eigenvalue weighted by molar-refractivity contribution is 6.55. The van der Waals surface area contributed by atoms with E-state index < -0.39 is 16.4 Å². The zero-order valence-corrected chi connectivity index (χ0v) is 7.44. The Labute approximate surface area is 79.1 Å². The zero-order valence-electron chi connectivity index (χ0n) is 5.93. The molecular weight excluding hydrogens is 202 g/mol. The molecule has 1 aromatic rings. The van der Waals surface area contributed by atoms with Gasteiger partial charge in [0.15, 0.2) is 10.6 Å². The molecule has 0 spiro atoms. The smallest absolute Gasteiger partial charge is 0.195 e. The van der Waals surface area contributed by atoms with Gasteiger partial charge in [-0.05, 0) is 24.3 Å². The Hall–Kier alpha value is -0.600. The van der Waals surface area contributed by atoms with Crippen molar-refractivity contribution in [2.45, 2.75) is 4.84 Å². The Balaban J connectivity index is 2.90. The van der Waals surface area contributed by atoms with Gasteiger partial charge in [-0.15, -0.1) is 0 Å². The van der Waals surface area contributed by atoms with Crippen molar-refractivity contribution in [3.63, 3.8) is 0 Å². The van der Waals surface area contributed by atoms with Gasteiger partial charge in [0.05, 0.1) is 0 Å². The molecule has 0 bridgehead atoms. The highest BCUT2D eigenvalue weighted by Gasteiger charge is 2.13. The third-order valence-electron chi connectivity index (χ3n) is 1.33. The minimum Gasteiger partial charge on any atom is -0.291 e. The number of hydrogen-bond donors (Lipinski definition) is 0. The molecule has 0 unspecified atom stereocenters. The number of rotatable bonds is 2. The van der Waals surface area contributed by atoms with E-state index in [0.29, 0.717) is 5.56 Å². The average Bonchev–Trinajstić information content (AvgIpc) is 2.04. The van der Waals surface area contributed by atoms with Gasteiger partial charge in [0, 0.05) is 5.56 Å². The Morgan fingerprint density at radius 3 is 2.17 bits per heavy atom. The molecular formula is C8H5Cl2FO. The lowest BCUT2D eigenvalue weighted by Gasteiger charge is -1.99. The summed E-state index contributed by atoms with van der Waals surface area (Å²) in [6, 6.07) is 5.05. The van der Waals surface area contributed by atoms with Crippen molar-refractivity contribution in [1.29, 1.82) is 0 Å². The van der Waals surface area contributed by atoms with E-state index in [4.69, 9.17) is 23.2 Å². The van der Waals surface area contributed by atoms with E-state index >= 15 is 0 Å². The zero-order chi connectivity index (χ0) is 9.14. The summed E-state index contributed by atoms with van der Waals surface area (Å²) >= 11 is 10.6. The topological polar surface area (TPSA) is 17.1 Å². The Morgan fingerprint density at radius 2 is 1.75 bits per heavy atom. The molecule has 0 N–H and O–H groups in total. The van der Waals surface area contributed by atoms with Crippen molar-refractivity contribution in [2.75, 3.05) is 0 Å². The van der Waals surface area contributed by atoms with E-state index in [-0.39, 0.29) is 0 Å². The van der Waals surface area contributed by atoms with Crippen LogP contribution in [-0.2, 0) is 0 Å². The fourth-order valence-electron chi connectivity index (χ4n) is 0.740. The molecule has 4 heteroatoms. The number of Topliss-reactive ketones (excluding diaryl/α,β-unsaturated/α-hetero) is 1. The predicted molar refractivity (Wildman–Crippen MR) is 46.2 cm³/mol. The maximum atomic E-state index is 12.4. The number of alkyl halides is 2. The first-order valence-corrected chi connectivity index (χ1v) is 4.06. The van der Waals surface area contributed by atoms with Crippen LogP contribution in [0.2, 0.25) is 0 Å². The lowest BCUT2D eigenvalue weighted by Crippen LogP contribution is -2.07. The highest BCUT2D eigenvalue weighted by atomic mass is 35.5. The molecule has 0 aromatic heterocycles. The first-order chi connectivity index (χ1) is 5.61. The third kappa shape index (κ3) is 2.19. The molecule has 64 valence electrons. The van der Waals surface area contributed by atoms with Crippen LogP contribution in [0.15, 0.2) is 24.3 Å². The summed E-state index contributed by atoms with van der Waals surface area (Å²) in [5.41, 5.74) is 0.311. The molecule has 0 aliphatic carbocycles. The standard InChI is InChI=1S/C8H5Cl2FO/c9-8(10)7(12)5-1-3-6(11)4-2-5/h1-4,8H. The van der Waals surface area contributed by atoms with E-state index in [9.17, 15) is 9.18 Å². The molecule has 0 saturated carbocycles. The van der Waals surface area contributed by atoms with Crippen LogP contribution in [0.5, 0.6) is 0 Å². The summed E-state index contributed by atoms with van der Waals surface area (Å²) in [4.78, 5) is 9.98. The lowest BCUT2D eigenvalue weighted by molar-refractivity contribution is 0.101. The molecule has 1 nitrogen and oxygen atoms in total. The second kappa shape index (κ2) is 3.87. The maximum absolute atomic E-state index is 12.4. The van der Waals surface area contributed by atoms with E-state index in [1.54, 1.807) is 0 Å². The molecule has 0 heterocycles. The Bertz CT molecular complexity index is 282. The number of carbonyl (C=O) groups excluding carboxylic acids is 1. The van der Waals surface area contributed by atoms with Gasteiger partial charge in [-0.25, -0.2) is 4.39 Å². The molecule has 0 fully saturated rings. The van der Waals surface area contributed by atoms with Crippen LogP contribution in [0.25, 0.3) is 0 Å². The second-order valence-corrected chi connectivity index (χ2v) is 3.27. The van der Waals surface area contributed by atoms with Crippen LogP contribution in [0.4, 0.5) is 4.39 Å². The van der Waals surface area contributed by atoms with Gasteiger partial charge in [0.1, 0.15) is 5.82 Å². The number of halogens is 3. The molecule has 0 aliphatic rings. The number of hydrogen-bond acceptors (Lipinski definition) is 1. The number of benzene rings is 1. The molecule has 0 atom stereocenters. The lowest BCUT2D eigenvalue weighted by atomic mass is 10.1. The quantitative estimate of drug-likeness (QED) is 0.538. The Kier molecular flexibility index (Phi) is 3.06. The van der Waals surface area contributed by atoms with E-state index in [1.807, 2.05) is 0 Å². The van der Waals surface area contributed by atoms with Crippen molar-refractivity contribution >= 4 is 29.0 Å². The Morgan fingerprint density at radius 1 is 1.25 bits per heavy atom. The minimum atomic E-state index is -1.09. The summed E-state index contributed by atoms with van der Waals surface area (Å²) in [5.74, 6) is -0.814. The first kappa shape index (κ1) is 9.49. The van der Waals surface area contributed by atoms with E-state index in [1.165, 1.54) is 24.3 Å². The molecule has 0 radical (unpaired) electrons. The monoisotopic (exact) mass is 206 g/mol. The fourth-order valence-corrected chi connectivity index (χ4v) is 0.992. The summed E-state index contributed by atoms with van der Waals surface area (Å²) in [7, 11) is 0. The summed E-state index contributed by atoms with van der Waals surface area (Å²) in [5, 5.41) is 0. The van der Waals surface area contributed by atoms with Crippen molar-refractivity contribution in [3.05, 3.63) is 35.6 Å². The fraction of sp³-hybridized carbons (Fsp3) is 0.125. The van der Waals surface area contributed by atoms with Gasteiger partial charge in [-0.1, -0.05) is 23.2 Å². The average molecular weight is 207 g/mol. The van der Waals surface area contributed by atoms with Crippen LogP contribution in [0.3, 0.4) is 0 Å². The minimum absolute atomic E-state index is 0.311. The number of ketones is 1. The first-order valence-electron chi connectivity index (χ1n) is 3.19. The van der Waals surface area contributed by atoms with Crippen LogP contribution in [0.1, 0.15) is 10.4 Å². The van der Waals surface area contributed by atoms with E-state index in [2.05, 4.69) is 0 Å². The largest absolute Gasteiger partial charge is 0.291 e. The summed E-state index contributed by atoms with van der Waals surface area (Å²) in [6.07, 6.45) is 0. The molecule has 0 amide bonds. The predicted octanol–water partition coefficient (Wildman–Crippen LogP) is 2.81. The van der Waals surface area contributed by atoms with Crippen molar-refractivity contribution < 1.29 is 9.18 Å². The molecule has 0 saturated heterocycles. The van der Waals surface area contributed by atoms with Crippen LogP contribution < -0.4 is 0 Å². The normalized spacial score (nSPS) is 10.3. The third-order valence-corrected chi connectivity index (χ3v) is 1.72. The maximum Gasteiger partial charge on any atom is 0.195 e. The van der Waals surface area contributed by atoms with Crippen LogP contribution >= 0.6 is 23.2 Å². The van der Waals surface area contributed by atoms with Gasteiger partial charge in [-0.2, -0.15) is 0 Å².